The molecule has 1 rings (SSSR count). The van der Waals surface area contributed by atoms with Crippen LogP contribution in [0.25, 0.3) is 0 Å². The number of carbonyl (C=O) groups is 1. The maximum atomic E-state index is 13.1. The molecule has 0 bridgehead atoms. The molecule has 1 N–H and O–H groups in total. The maximum absolute atomic E-state index is 13.1. The van der Waals surface area contributed by atoms with Crippen LogP contribution >= 0.6 is 22.6 Å². The van der Waals surface area contributed by atoms with Crippen LogP contribution in [0, 0.1) is 9.39 Å². The van der Waals surface area contributed by atoms with Crippen LogP contribution in [-0.4, -0.2) is 11.1 Å². The Bertz CT molecular complexity index is 325. The lowest BCUT2D eigenvalue weighted by Crippen LogP contribution is -1.99. The topological polar surface area (TPSA) is 37.3 Å². The molecule has 0 fully saturated rings. The third-order valence-corrected chi connectivity index (χ3v) is 2.29. The average molecular weight is 294 g/mol. The standard InChI is InChI=1S/C9H8FIO2/c10-8-5-7(11)3-1-6(8)2-4-9(12)13/h1,3,5H,2,4H2,(H,12,13). The van der Waals surface area contributed by atoms with Crippen LogP contribution in [0.15, 0.2) is 18.2 Å². The molecular weight excluding hydrogens is 286 g/mol. The van der Waals surface area contributed by atoms with Crippen LogP contribution in [0.1, 0.15) is 12.0 Å². The van der Waals surface area contributed by atoms with Crippen molar-refractivity contribution in [2.45, 2.75) is 12.8 Å². The van der Waals surface area contributed by atoms with Gasteiger partial charge in [-0.2, -0.15) is 0 Å². The van der Waals surface area contributed by atoms with Gasteiger partial charge in [0.1, 0.15) is 5.82 Å². The lowest BCUT2D eigenvalue weighted by molar-refractivity contribution is -0.136. The molecule has 0 aromatic heterocycles. The Morgan fingerprint density at radius 3 is 2.77 bits per heavy atom. The van der Waals surface area contributed by atoms with E-state index in [9.17, 15) is 9.18 Å². The minimum absolute atomic E-state index is 0.0302. The van der Waals surface area contributed by atoms with E-state index in [1.54, 1.807) is 12.1 Å². The van der Waals surface area contributed by atoms with Gasteiger partial charge in [0.05, 0.1) is 0 Å². The second-order valence-electron chi connectivity index (χ2n) is 2.63. The first-order valence-corrected chi connectivity index (χ1v) is 4.83. The SMILES string of the molecule is O=C(O)CCc1ccc(I)cc1F. The van der Waals surface area contributed by atoms with Gasteiger partial charge in [0.15, 0.2) is 0 Å². The van der Waals surface area contributed by atoms with Crippen molar-refractivity contribution in [3.05, 3.63) is 33.1 Å². The van der Waals surface area contributed by atoms with Crippen LogP contribution in [0.5, 0.6) is 0 Å². The summed E-state index contributed by atoms with van der Waals surface area (Å²) >= 11 is 2.01. The maximum Gasteiger partial charge on any atom is 0.303 e. The summed E-state index contributed by atoms with van der Waals surface area (Å²) in [5.74, 6) is -1.23. The molecule has 0 amide bonds. The van der Waals surface area contributed by atoms with Gasteiger partial charge in [-0.05, 0) is 46.7 Å². The van der Waals surface area contributed by atoms with Crippen molar-refractivity contribution in [2.24, 2.45) is 0 Å². The highest BCUT2D eigenvalue weighted by Crippen LogP contribution is 2.13. The normalized spacial score (nSPS) is 10.0. The number of aliphatic carboxylic acids is 1. The third-order valence-electron chi connectivity index (χ3n) is 1.62. The summed E-state index contributed by atoms with van der Waals surface area (Å²) < 4.78 is 13.9. The molecule has 0 heterocycles. The predicted octanol–water partition coefficient (Wildman–Crippen LogP) is 2.45. The fourth-order valence-electron chi connectivity index (χ4n) is 0.966. The van der Waals surface area contributed by atoms with Gasteiger partial charge in [-0.3, -0.25) is 4.79 Å². The number of carboxylic acid groups (broad SMARTS) is 1. The molecule has 0 saturated carbocycles. The first-order chi connectivity index (χ1) is 6.09. The third kappa shape index (κ3) is 3.30. The van der Waals surface area contributed by atoms with Crippen LogP contribution in [-0.2, 0) is 11.2 Å². The Balaban J connectivity index is 2.72. The van der Waals surface area contributed by atoms with E-state index < -0.39 is 5.97 Å². The van der Waals surface area contributed by atoms with Gasteiger partial charge in [0, 0.05) is 9.99 Å². The molecule has 2 nitrogen and oxygen atoms in total. The number of benzene rings is 1. The summed E-state index contributed by atoms with van der Waals surface area (Å²) in [4.78, 5) is 10.2. The van der Waals surface area contributed by atoms with Crippen molar-refractivity contribution < 1.29 is 14.3 Å². The molecule has 0 spiro atoms. The highest BCUT2D eigenvalue weighted by Gasteiger charge is 2.04. The molecule has 0 unspecified atom stereocenters. The highest BCUT2D eigenvalue weighted by molar-refractivity contribution is 14.1. The number of rotatable bonds is 3. The lowest BCUT2D eigenvalue weighted by Gasteiger charge is -2.00. The number of hydrogen-bond donors (Lipinski definition) is 1. The molecule has 0 saturated heterocycles. The zero-order valence-corrected chi connectivity index (χ0v) is 8.92. The molecule has 0 aliphatic heterocycles. The van der Waals surface area contributed by atoms with E-state index in [4.69, 9.17) is 5.11 Å². The van der Waals surface area contributed by atoms with Crippen molar-refractivity contribution in [3.8, 4) is 0 Å². The molecular formula is C9H8FIO2. The molecule has 0 aliphatic carbocycles. The summed E-state index contributed by atoms with van der Waals surface area (Å²) in [6.07, 6.45) is 0.218. The molecule has 70 valence electrons. The Morgan fingerprint density at radius 2 is 2.23 bits per heavy atom. The van der Waals surface area contributed by atoms with E-state index in [0.29, 0.717) is 5.56 Å². The summed E-state index contributed by atoms with van der Waals surface area (Å²) in [6, 6.07) is 4.79. The average Bonchev–Trinajstić information content (AvgIpc) is 2.02. The summed E-state index contributed by atoms with van der Waals surface area (Å²) in [5.41, 5.74) is 0.461. The number of hydrogen-bond acceptors (Lipinski definition) is 1. The molecule has 4 heteroatoms. The largest absolute Gasteiger partial charge is 0.481 e. The van der Waals surface area contributed by atoms with Gasteiger partial charge in [-0.15, -0.1) is 0 Å². The Morgan fingerprint density at radius 1 is 1.54 bits per heavy atom. The molecule has 1 aromatic carbocycles. The minimum atomic E-state index is -0.905. The molecule has 0 aliphatic rings. The summed E-state index contributed by atoms with van der Waals surface area (Å²) in [5, 5.41) is 8.40. The number of aryl methyl sites for hydroxylation is 1. The monoisotopic (exact) mass is 294 g/mol. The Labute approximate surface area is 88.9 Å². The van der Waals surface area contributed by atoms with Crippen LogP contribution in [0.4, 0.5) is 4.39 Å². The fraction of sp³-hybridized carbons (Fsp3) is 0.222. The van der Waals surface area contributed by atoms with Crippen molar-refractivity contribution in [1.82, 2.24) is 0 Å². The second-order valence-corrected chi connectivity index (χ2v) is 3.88. The molecule has 13 heavy (non-hydrogen) atoms. The summed E-state index contributed by atoms with van der Waals surface area (Å²) in [6.45, 7) is 0. The molecule has 0 atom stereocenters. The van der Waals surface area contributed by atoms with Gasteiger partial charge in [-0.1, -0.05) is 6.07 Å². The van der Waals surface area contributed by atoms with Gasteiger partial charge in [0.25, 0.3) is 0 Å². The predicted molar refractivity (Wildman–Crippen MR) is 55.1 cm³/mol. The van der Waals surface area contributed by atoms with E-state index in [2.05, 4.69) is 0 Å². The second kappa shape index (κ2) is 4.55. The summed E-state index contributed by atoms with van der Waals surface area (Å²) in [7, 11) is 0. The van der Waals surface area contributed by atoms with E-state index in [0.717, 1.165) is 3.57 Å². The molecule has 0 radical (unpaired) electrons. The van der Waals surface area contributed by atoms with Crippen molar-refractivity contribution in [2.75, 3.05) is 0 Å². The van der Waals surface area contributed by atoms with Gasteiger partial charge < -0.3 is 5.11 Å². The highest BCUT2D eigenvalue weighted by atomic mass is 127. The quantitative estimate of drug-likeness (QED) is 0.869. The van der Waals surface area contributed by atoms with Crippen molar-refractivity contribution >= 4 is 28.6 Å². The first kappa shape index (κ1) is 10.4. The first-order valence-electron chi connectivity index (χ1n) is 3.75. The zero-order valence-electron chi connectivity index (χ0n) is 6.76. The van der Waals surface area contributed by atoms with E-state index in [1.165, 1.54) is 6.07 Å². The fourth-order valence-corrected chi connectivity index (χ4v) is 1.42. The van der Waals surface area contributed by atoms with E-state index in [1.807, 2.05) is 22.6 Å². The smallest absolute Gasteiger partial charge is 0.303 e. The Kier molecular flexibility index (Phi) is 3.65. The minimum Gasteiger partial charge on any atom is -0.481 e. The van der Waals surface area contributed by atoms with Gasteiger partial charge in [-0.25, -0.2) is 4.39 Å². The van der Waals surface area contributed by atoms with Gasteiger partial charge in [0.2, 0.25) is 0 Å². The van der Waals surface area contributed by atoms with Crippen LogP contribution < -0.4 is 0 Å². The zero-order chi connectivity index (χ0) is 9.84. The number of carboxylic acids is 1. The number of halogens is 2. The molecule has 1 aromatic rings. The van der Waals surface area contributed by atoms with Crippen molar-refractivity contribution in [1.29, 1.82) is 0 Å². The van der Waals surface area contributed by atoms with Crippen LogP contribution in [0.3, 0.4) is 0 Å². The lowest BCUT2D eigenvalue weighted by atomic mass is 10.1. The van der Waals surface area contributed by atoms with Gasteiger partial charge >= 0.3 is 5.97 Å². The van der Waals surface area contributed by atoms with Crippen molar-refractivity contribution in [3.63, 3.8) is 0 Å². The van der Waals surface area contributed by atoms with E-state index >= 15 is 0 Å². The Hall–Kier alpha value is -0.650. The van der Waals surface area contributed by atoms with Crippen LogP contribution in [0.2, 0.25) is 0 Å². The van der Waals surface area contributed by atoms with E-state index in [-0.39, 0.29) is 18.7 Å².